The van der Waals surface area contributed by atoms with Gasteiger partial charge < -0.3 is 5.32 Å². The highest BCUT2D eigenvalue weighted by Crippen LogP contribution is 2.33. The Kier molecular flexibility index (Phi) is 5.31. The van der Waals surface area contributed by atoms with Crippen LogP contribution in [0.4, 0.5) is 5.69 Å². The Morgan fingerprint density at radius 3 is 2.96 bits per heavy atom. The van der Waals surface area contributed by atoms with Crippen LogP contribution in [0.15, 0.2) is 40.3 Å². The van der Waals surface area contributed by atoms with Crippen molar-refractivity contribution in [2.75, 3.05) is 11.6 Å². The van der Waals surface area contributed by atoms with E-state index in [1.807, 2.05) is 30.5 Å². The molecule has 27 heavy (non-hydrogen) atoms. The van der Waals surface area contributed by atoms with Gasteiger partial charge in [-0.1, -0.05) is 12.1 Å². The molecule has 0 unspecified atom stereocenters. The number of amides is 1. The number of fused-ring (bicyclic) bond motifs is 3. The van der Waals surface area contributed by atoms with E-state index in [2.05, 4.69) is 10.3 Å². The first-order valence-corrected chi connectivity index (χ1v) is 11.1. The number of nitrogens with one attached hydrogen (secondary N) is 1. The predicted octanol–water partition coefficient (Wildman–Crippen LogP) is 4.09. The zero-order chi connectivity index (χ0) is 18.8. The van der Waals surface area contributed by atoms with E-state index < -0.39 is 0 Å². The van der Waals surface area contributed by atoms with E-state index in [9.17, 15) is 9.59 Å². The summed E-state index contributed by atoms with van der Waals surface area (Å²) in [4.78, 5) is 32.9. The van der Waals surface area contributed by atoms with Gasteiger partial charge in [0, 0.05) is 22.7 Å². The maximum atomic E-state index is 12.9. The molecule has 0 atom stereocenters. The van der Waals surface area contributed by atoms with Gasteiger partial charge >= 0.3 is 0 Å². The van der Waals surface area contributed by atoms with E-state index in [0.717, 1.165) is 40.1 Å². The summed E-state index contributed by atoms with van der Waals surface area (Å²) >= 11 is 3.24. The summed E-state index contributed by atoms with van der Waals surface area (Å²) in [7, 11) is 0. The molecule has 0 spiro atoms. The van der Waals surface area contributed by atoms with Crippen LogP contribution in [0.1, 0.15) is 29.7 Å². The first kappa shape index (κ1) is 18.3. The highest BCUT2D eigenvalue weighted by atomic mass is 32.2. The number of aromatic nitrogens is 2. The van der Waals surface area contributed by atoms with E-state index in [1.165, 1.54) is 16.9 Å². The second kappa shape index (κ2) is 7.86. The van der Waals surface area contributed by atoms with Crippen LogP contribution < -0.4 is 10.9 Å². The second-order valence-electron chi connectivity index (χ2n) is 6.63. The van der Waals surface area contributed by atoms with Crippen molar-refractivity contribution < 1.29 is 4.79 Å². The lowest BCUT2D eigenvalue weighted by Gasteiger charge is -2.11. The summed E-state index contributed by atoms with van der Waals surface area (Å²) in [6.07, 6.45) is 8.12. The number of carbonyl (C=O) groups excluding carboxylic acids is 1. The zero-order valence-electron chi connectivity index (χ0n) is 15.2. The molecule has 5 nitrogen and oxygen atoms in total. The van der Waals surface area contributed by atoms with Gasteiger partial charge in [0.15, 0.2) is 0 Å². The van der Waals surface area contributed by atoms with Gasteiger partial charge in [0.05, 0.1) is 17.4 Å². The number of carbonyl (C=O) groups is 1. The van der Waals surface area contributed by atoms with Gasteiger partial charge in [-0.25, -0.2) is 4.98 Å². The van der Waals surface area contributed by atoms with Gasteiger partial charge in [-0.2, -0.15) is 0 Å². The summed E-state index contributed by atoms with van der Waals surface area (Å²) < 4.78 is 1.57. The number of para-hydroxylation sites is 1. The number of benzene rings is 1. The SMILES string of the molecule is CSc1ccccc1NC(=O)CCn1cnc2sc3c(c2c1=O)CCCC3. The molecule has 0 bridgehead atoms. The molecular weight excluding hydrogens is 378 g/mol. The number of thiophene rings is 1. The number of anilines is 1. The molecule has 2 heterocycles. The maximum Gasteiger partial charge on any atom is 0.262 e. The molecule has 1 N–H and O–H groups in total. The Morgan fingerprint density at radius 1 is 1.30 bits per heavy atom. The standard InChI is InChI=1S/C20H21N3O2S2/c1-26-16-9-5-3-7-14(16)22-17(24)10-11-23-12-21-19-18(20(23)25)13-6-2-4-8-15(13)27-19/h3,5,7,9,12H,2,4,6,8,10-11H2,1H3,(H,22,24). The summed E-state index contributed by atoms with van der Waals surface area (Å²) in [6.45, 7) is 0.333. The van der Waals surface area contributed by atoms with Crippen molar-refractivity contribution >= 4 is 44.9 Å². The fourth-order valence-corrected chi connectivity index (χ4v) is 5.30. The van der Waals surface area contributed by atoms with Crippen LogP contribution in [0.5, 0.6) is 0 Å². The second-order valence-corrected chi connectivity index (χ2v) is 8.56. The van der Waals surface area contributed by atoms with Gasteiger partial charge in [-0.05, 0) is 49.6 Å². The smallest absolute Gasteiger partial charge is 0.262 e. The van der Waals surface area contributed by atoms with Crippen LogP contribution >= 0.6 is 23.1 Å². The first-order valence-electron chi connectivity index (χ1n) is 9.10. The molecule has 4 rings (SSSR count). The number of rotatable bonds is 5. The average Bonchev–Trinajstić information content (AvgIpc) is 3.07. The quantitative estimate of drug-likeness (QED) is 0.657. The average molecular weight is 400 g/mol. The minimum Gasteiger partial charge on any atom is -0.325 e. The van der Waals surface area contributed by atoms with Gasteiger partial charge in [0.1, 0.15) is 4.83 Å². The molecule has 0 fully saturated rings. The number of aryl methyl sites for hydroxylation is 3. The van der Waals surface area contributed by atoms with E-state index in [4.69, 9.17) is 0 Å². The fourth-order valence-electron chi connectivity index (χ4n) is 3.52. The van der Waals surface area contributed by atoms with E-state index in [-0.39, 0.29) is 17.9 Å². The molecule has 1 aliphatic carbocycles. The molecule has 1 aliphatic rings. The van der Waals surface area contributed by atoms with Crippen LogP contribution in [-0.4, -0.2) is 21.7 Å². The largest absolute Gasteiger partial charge is 0.325 e. The van der Waals surface area contributed by atoms with Crippen molar-refractivity contribution in [3.63, 3.8) is 0 Å². The number of hydrogen-bond acceptors (Lipinski definition) is 5. The summed E-state index contributed by atoms with van der Waals surface area (Å²) in [6, 6.07) is 7.71. The van der Waals surface area contributed by atoms with Crippen LogP contribution in [0, 0.1) is 0 Å². The van der Waals surface area contributed by atoms with Crippen LogP contribution in [0.25, 0.3) is 10.2 Å². The Bertz CT molecular complexity index is 1060. The molecular formula is C20H21N3O2S2. The Balaban J connectivity index is 1.51. The van der Waals surface area contributed by atoms with Gasteiger partial charge in [0.25, 0.3) is 5.56 Å². The van der Waals surface area contributed by atoms with Crippen molar-refractivity contribution in [1.82, 2.24) is 9.55 Å². The lowest BCUT2D eigenvalue weighted by molar-refractivity contribution is -0.116. The third kappa shape index (κ3) is 3.66. The minimum absolute atomic E-state index is 0.0169. The number of hydrogen-bond donors (Lipinski definition) is 1. The molecule has 1 amide bonds. The van der Waals surface area contributed by atoms with Gasteiger partial charge in [-0.3, -0.25) is 14.2 Å². The Morgan fingerprint density at radius 2 is 2.11 bits per heavy atom. The van der Waals surface area contributed by atoms with Crippen molar-refractivity contribution in [3.8, 4) is 0 Å². The highest BCUT2D eigenvalue weighted by Gasteiger charge is 2.20. The molecule has 1 aromatic carbocycles. The Labute approximate surface area is 165 Å². The normalized spacial score (nSPS) is 13.5. The summed E-state index contributed by atoms with van der Waals surface area (Å²) in [5.41, 5.74) is 1.98. The van der Waals surface area contributed by atoms with Gasteiger partial charge in [-0.15, -0.1) is 23.1 Å². The fraction of sp³-hybridized carbons (Fsp3) is 0.350. The molecule has 0 aliphatic heterocycles. The van der Waals surface area contributed by atoms with E-state index in [1.54, 1.807) is 34.0 Å². The lowest BCUT2D eigenvalue weighted by atomic mass is 9.97. The highest BCUT2D eigenvalue weighted by molar-refractivity contribution is 7.98. The van der Waals surface area contributed by atoms with Crippen LogP contribution in [0.3, 0.4) is 0 Å². The molecule has 2 aromatic heterocycles. The van der Waals surface area contributed by atoms with Crippen molar-refractivity contribution in [1.29, 1.82) is 0 Å². The van der Waals surface area contributed by atoms with Crippen molar-refractivity contribution in [2.24, 2.45) is 0 Å². The van der Waals surface area contributed by atoms with Crippen LogP contribution in [-0.2, 0) is 24.2 Å². The monoisotopic (exact) mass is 399 g/mol. The molecule has 3 aromatic rings. The topological polar surface area (TPSA) is 64.0 Å². The van der Waals surface area contributed by atoms with E-state index >= 15 is 0 Å². The van der Waals surface area contributed by atoms with Gasteiger partial charge in [0.2, 0.25) is 5.91 Å². The van der Waals surface area contributed by atoms with Crippen LogP contribution in [0.2, 0.25) is 0 Å². The van der Waals surface area contributed by atoms with Crippen molar-refractivity contribution in [2.45, 2.75) is 43.5 Å². The first-order chi connectivity index (χ1) is 13.2. The molecule has 140 valence electrons. The minimum atomic E-state index is -0.101. The maximum absolute atomic E-state index is 12.9. The molecule has 0 radical (unpaired) electrons. The third-order valence-corrected chi connectivity index (χ3v) is 6.90. The van der Waals surface area contributed by atoms with E-state index in [0.29, 0.717) is 6.54 Å². The third-order valence-electron chi connectivity index (χ3n) is 4.90. The predicted molar refractivity (Wildman–Crippen MR) is 112 cm³/mol. The summed E-state index contributed by atoms with van der Waals surface area (Å²) in [5, 5.41) is 3.71. The molecule has 7 heteroatoms. The molecule has 0 saturated carbocycles. The number of thioether (sulfide) groups is 1. The zero-order valence-corrected chi connectivity index (χ0v) is 16.8. The molecule has 0 saturated heterocycles. The van der Waals surface area contributed by atoms with Crippen molar-refractivity contribution in [3.05, 3.63) is 51.4 Å². The lowest BCUT2D eigenvalue weighted by Crippen LogP contribution is -2.24. The Hall–Kier alpha value is -2.12. The number of nitrogens with zero attached hydrogens (tertiary/aromatic N) is 2. The summed E-state index contributed by atoms with van der Waals surface area (Å²) in [5.74, 6) is -0.101.